The van der Waals surface area contributed by atoms with Crippen LogP contribution < -0.4 is 5.32 Å². The van der Waals surface area contributed by atoms with Gasteiger partial charge in [-0.2, -0.15) is 0 Å². The van der Waals surface area contributed by atoms with Gasteiger partial charge in [0, 0.05) is 19.1 Å². The molecule has 0 spiro atoms. The van der Waals surface area contributed by atoms with E-state index in [2.05, 4.69) is 24.3 Å². The van der Waals surface area contributed by atoms with Crippen molar-refractivity contribution in [3.63, 3.8) is 0 Å². The molecule has 2 aliphatic rings. The summed E-state index contributed by atoms with van der Waals surface area (Å²) in [6.45, 7) is 2.53. The first-order chi connectivity index (χ1) is 8.26. The molecule has 0 aromatic carbocycles. The van der Waals surface area contributed by atoms with E-state index in [-0.39, 0.29) is 0 Å². The maximum Gasteiger partial charge on any atom is 0.00924 e. The summed E-state index contributed by atoms with van der Waals surface area (Å²) in [5.41, 5.74) is 0.565. The molecule has 2 nitrogen and oxygen atoms in total. The largest absolute Gasteiger partial charge is 0.319 e. The van der Waals surface area contributed by atoms with Crippen LogP contribution in [0, 0.1) is 5.41 Å². The number of hydrogen-bond donors (Lipinski definition) is 1. The summed E-state index contributed by atoms with van der Waals surface area (Å²) in [6, 6.07) is 0.895. The first kappa shape index (κ1) is 13.4. The SMILES string of the molecule is CNCC1(CN(C)C2CCC2)CCCCCC1. The van der Waals surface area contributed by atoms with Gasteiger partial charge in [-0.1, -0.05) is 32.1 Å². The number of nitrogens with one attached hydrogen (secondary N) is 1. The van der Waals surface area contributed by atoms with Crippen molar-refractivity contribution in [1.29, 1.82) is 0 Å². The van der Waals surface area contributed by atoms with Crippen molar-refractivity contribution >= 4 is 0 Å². The Morgan fingerprint density at radius 1 is 1.06 bits per heavy atom. The summed E-state index contributed by atoms with van der Waals surface area (Å²) < 4.78 is 0. The van der Waals surface area contributed by atoms with E-state index in [1.54, 1.807) is 0 Å². The van der Waals surface area contributed by atoms with E-state index in [4.69, 9.17) is 0 Å². The lowest BCUT2D eigenvalue weighted by atomic mass is 9.78. The predicted octanol–water partition coefficient (Wildman–Crippen LogP) is 3.03. The highest BCUT2D eigenvalue weighted by Gasteiger charge is 2.34. The summed E-state index contributed by atoms with van der Waals surface area (Å²) in [5, 5.41) is 3.46. The molecule has 2 saturated carbocycles. The van der Waals surface area contributed by atoms with Gasteiger partial charge in [-0.3, -0.25) is 0 Å². The van der Waals surface area contributed by atoms with Gasteiger partial charge in [0.1, 0.15) is 0 Å². The zero-order valence-corrected chi connectivity index (χ0v) is 11.8. The summed E-state index contributed by atoms with van der Waals surface area (Å²) in [7, 11) is 4.47. The molecule has 0 aromatic heterocycles. The molecular weight excluding hydrogens is 208 g/mol. The highest BCUT2D eigenvalue weighted by atomic mass is 15.1. The smallest absolute Gasteiger partial charge is 0.00924 e. The Balaban J connectivity index is 1.93. The molecule has 0 aliphatic heterocycles. The van der Waals surface area contributed by atoms with Crippen LogP contribution in [0.5, 0.6) is 0 Å². The van der Waals surface area contributed by atoms with Crippen molar-refractivity contribution in [2.45, 2.75) is 63.8 Å². The lowest BCUT2D eigenvalue weighted by molar-refractivity contribution is 0.0820. The number of hydrogen-bond acceptors (Lipinski definition) is 2. The van der Waals surface area contributed by atoms with E-state index in [9.17, 15) is 0 Å². The van der Waals surface area contributed by atoms with Gasteiger partial charge < -0.3 is 10.2 Å². The van der Waals surface area contributed by atoms with Crippen LogP contribution in [0.4, 0.5) is 0 Å². The van der Waals surface area contributed by atoms with E-state index in [0.29, 0.717) is 5.41 Å². The van der Waals surface area contributed by atoms with Gasteiger partial charge >= 0.3 is 0 Å². The second-order valence-electron chi connectivity index (χ2n) is 6.44. The van der Waals surface area contributed by atoms with Gasteiger partial charge in [-0.25, -0.2) is 0 Å². The van der Waals surface area contributed by atoms with E-state index < -0.39 is 0 Å². The van der Waals surface area contributed by atoms with Crippen LogP contribution in [0.15, 0.2) is 0 Å². The van der Waals surface area contributed by atoms with Crippen LogP contribution in [0.25, 0.3) is 0 Å². The molecule has 100 valence electrons. The Morgan fingerprint density at radius 3 is 2.18 bits per heavy atom. The maximum atomic E-state index is 3.46. The Kier molecular flexibility index (Phi) is 4.87. The second kappa shape index (κ2) is 6.19. The van der Waals surface area contributed by atoms with E-state index in [0.717, 1.165) is 6.04 Å². The van der Waals surface area contributed by atoms with E-state index >= 15 is 0 Å². The molecule has 2 rings (SSSR count). The third kappa shape index (κ3) is 3.45. The molecule has 17 heavy (non-hydrogen) atoms. The van der Waals surface area contributed by atoms with Gasteiger partial charge in [0.25, 0.3) is 0 Å². The number of rotatable bonds is 5. The third-order valence-corrected chi connectivity index (χ3v) is 5.00. The molecule has 2 fully saturated rings. The fraction of sp³-hybridized carbons (Fsp3) is 1.00. The fourth-order valence-corrected chi connectivity index (χ4v) is 3.73. The normalized spacial score (nSPS) is 25.6. The van der Waals surface area contributed by atoms with Crippen molar-refractivity contribution in [3.05, 3.63) is 0 Å². The highest BCUT2D eigenvalue weighted by Crippen LogP contribution is 2.37. The first-order valence-electron chi connectivity index (χ1n) is 7.61. The van der Waals surface area contributed by atoms with Crippen LogP contribution in [-0.4, -0.2) is 38.1 Å². The minimum Gasteiger partial charge on any atom is -0.319 e. The lowest BCUT2D eigenvalue weighted by Gasteiger charge is -2.42. The summed E-state index contributed by atoms with van der Waals surface area (Å²) in [4.78, 5) is 2.66. The number of nitrogens with zero attached hydrogens (tertiary/aromatic N) is 1. The van der Waals surface area contributed by atoms with Gasteiger partial charge in [0.15, 0.2) is 0 Å². The quantitative estimate of drug-likeness (QED) is 0.741. The molecule has 0 bridgehead atoms. The molecular formula is C15H30N2. The highest BCUT2D eigenvalue weighted by molar-refractivity contribution is 4.89. The Morgan fingerprint density at radius 2 is 1.71 bits per heavy atom. The third-order valence-electron chi connectivity index (χ3n) is 5.00. The first-order valence-corrected chi connectivity index (χ1v) is 7.61. The molecule has 0 unspecified atom stereocenters. The van der Waals surface area contributed by atoms with Crippen LogP contribution in [0.3, 0.4) is 0 Å². The van der Waals surface area contributed by atoms with Crippen molar-refractivity contribution in [2.24, 2.45) is 5.41 Å². The molecule has 0 aromatic rings. The van der Waals surface area contributed by atoms with E-state index in [1.807, 2.05) is 0 Å². The van der Waals surface area contributed by atoms with Gasteiger partial charge in [0.2, 0.25) is 0 Å². The van der Waals surface area contributed by atoms with Crippen LogP contribution in [-0.2, 0) is 0 Å². The molecule has 0 amide bonds. The molecule has 0 heterocycles. The molecule has 2 aliphatic carbocycles. The Labute approximate surface area is 107 Å². The van der Waals surface area contributed by atoms with Crippen LogP contribution >= 0.6 is 0 Å². The Bertz CT molecular complexity index is 215. The molecule has 1 N–H and O–H groups in total. The summed E-state index contributed by atoms with van der Waals surface area (Å²) in [6.07, 6.45) is 13.0. The molecule has 0 atom stereocenters. The summed E-state index contributed by atoms with van der Waals surface area (Å²) >= 11 is 0. The zero-order valence-electron chi connectivity index (χ0n) is 11.8. The monoisotopic (exact) mass is 238 g/mol. The van der Waals surface area contributed by atoms with Crippen LogP contribution in [0.1, 0.15) is 57.8 Å². The average Bonchev–Trinajstić information content (AvgIpc) is 2.41. The fourth-order valence-electron chi connectivity index (χ4n) is 3.73. The standard InChI is InChI=1S/C15H30N2/c1-16-12-15(10-5-3-4-6-11-15)13-17(2)14-8-7-9-14/h14,16H,3-13H2,1-2H3. The van der Waals surface area contributed by atoms with Gasteiger partial charge in [0.05, 0.1) is 0 Å². The zero-order chi connectivity index (χ0) is 12.1. The van der Waals surface area contributed by atoms with Crippen molar-refractivity contribution in [3.8, 4) is 0 Å². The van der Waals surface area contributed by atoms with Crippen LogP contribution in [0.2, 0.25) is 0 Å². The second-order valence-corrected chi connectivity index (χ2v) is 6.44. The van der Waals surface area contributed by atoms with Gasteiger partial charge in [-0.05, 0) is 45.2 Å². The van der Waals surface area contributed by atoms with Gasteiger partial charge in [-0.15, -0.1) is 0 Å². The van der Waals surface area contributed by atoms with Crippen molar-refractivity contribution in [1.82, 2.24) is 10.2 Å². The maximum absolute atomic E-state index is 3.46. The van der Waals surface area contributed by atoms with E-state index in [1.165, 1.54) is 70.9 Å². The minimum atomic E-state index is 0.565. The summed E-state index contributed by atoms with van der Waals surface area (Å²) in [5.74, 6) is 0. The van der Waals surface area contributed by atoms with Crippen molar-refractivity contribution < 1.29 is 0 Å². The Hall–Kier alpha value is -0.0800. The minimum absolute atomic E-state index is 0.565. The average molecular weight is 238 g/mol. The predicted molar refractivity (Wildman–Crippen MR) is 74.3 cm³/mol. The lowest BCUT2D eigenvalue weighted by Crippen LogP contribution is -2.47. The van der Waals surface area contributed by atoms with Crippen molar-refractivity contribution in [2.75, 3.05) is 27.2 Å². The molecule has 0 radical (unpaired) electrons. The molecule has 2 heteroatoms. The topological polar surface area (TPSA) is 15.3 Å². The molecule has 0 saturated heterocycles.